The van der Waals surface area contributed by atoms with Gasteiger partial charge in [0, 0.05) is 30.7 Å². The van der Waals surface area contributed by atoms with Crippen molar-refractivity contribution >= 4 is 11.6 Å². The summed E-state index contributed by atoms with van der Waals surface area (Å²) in [5.74, 6) is 0.439. The molecule has 0 saturated carbocycles. The highest BCUT2D eigenvalue weighted by atomic mass is 16.6. The van der Waals surface area contributed by atoms with Crippen LogP contribution in [-0.2, 0) is 22.6 Å². The topological polar surface area (TPSA) is 112 Å². The first-order valence-corrected chi connectivity index (χ1v) is 11.5. The number of non-ortho nitro benzene ring substituents is 1. The van der Waals surface area contributed by atoms with Crippen molar-refractivity contribution in [1.29, 1.82) is 0 Å². The summed E-state index contributed by atoms with van der Waals surface area (Å²) in [7, 11) is 0. The molecule has 0 aliphatic rings. The van der Waals surface area contributed by atoms with Gasteiger partial charge in [0.05, 0.1) is 17.6 Å². The number of benzene rings is 3. The van der Waals surface area contributed by atoms with Crippen LogP contribution in [0.5, 0.6) is 0 Å². The third kappa shape index (κ3) is 6.39. The Hall–Kier alpha value is -4.37. The number of amides is 1. The van der Waals surface area contributed by atoms with Crippen LogP contribution in [0, 0.1) is 10.1 Å². The Balaban J connectivity index is 1.44. The predicted molar refractivity (Wildman–Crippen MR) is 133 cm³/mol. The van der Waals surface area contributed by atoms with E-state index < -0.39 is 4.92 Å². The van der Waals surface area contributed by atoms with Crippen LogP contribution in [0.4, 0.5) is 5.69 Å². The van der Waals surface area contributed by atoms with Crippen molar-refractivity contribution in [2.75, 3.05) is 13.2 Å². The number of nitro groups is 1. The minimum atomic E-state index is -0.473. The number of aromatic nitrogens is 2. The molecule has 0 radical (unpaired) electrons. The highest BCUT2D eigenvalue weighted by molar-refractivity contribution is 5.78. The number of carbonyl (C=O) groups excluding carboxylic acids is 1. The number of rotatable bonds is 11. The number of nitrogens with zero attached hydrogens (tertiary/aromatic N) is 4. The average molecular weight is 487 g/mol. The van der Waals surface area contributed by atoms with Crippen LogP contribution < -0.4 is 0 Å². The monoisotopic (exact) mass is 486 g/mol. The smallest absolute Gasteiger partial charge is 0.270 e. The SMILES string of the molecule is C[C@@H](c1ccccc1)N(CCc1nc(-c2cccc([N+](=O)[O-])c2)no1)C(=O)COCc1ccccc1. The Morgan fingerprint density at radius 2 is 1.78 bits per heavy atom. The Morgan fingerprint density at radius 3 is 2.50 bits per heavy atom. The highest BCUT2D eigenvalue weighted by Crippen LogP contribution is 2.23. The van der Waals surface area contributed by atoms with Crippen LogP contribution in [0.2, 0.25) is 0 Å². The van der Waals surface area contributed by atoms with E-state index in [0.29, 0.717) is 31.0 Å². The predicted octanol–water partition coefficient (Wildman–Crippen LogP) is 4.99. The van der Waals surface area contributed by atoms with E-state index in [4.69, 9.17) is 9.26 Å². The largest absolute Gasteiger partial charge is 0.367 e. The van der Waals surface area contributed by atoms with E-state index in [1.807, 2.05) is 67.6 Å². The molecule has 9 heteroatoms. The highest BCUT2D eigenvalue weighted by Gasteiger charge is 2.23. The maximum absolute atomic E-state index is 13.2. The van der Waals surface area contributed by atoms with Gasteiger partial charge in [-0.3, -0.25) is 14.9 Å². The standard InChI is InChI=1S/C27H26N4O5/c1-20(22-11-6-3-7-12-22)30(26(32)19-35-18-21-9-4-2-5-10-21)16-15-25-28-27(29-36-25)23-13-8-14-24(17-23)31(33)34/h2-14,17,20H,15-16,18-19H2,1H3/t20-/m0/s1. The van der Waals surface area contributed by atoms with Crippen LogP contribution in [0.15, 0.2) is 89.5 Å². The number of hydrogen-bond donors (Lipinski definition) is 0. The summed E-state index contributed by atoms with van der Waals surface area (Å²) in [6.07, 6.45) is 0.323. The lowest BCUT2D eigenvalue weighted by molar-refractivity contribution is -0.384. The average Bonchev–Trinajstić information content (AvgIpc) is 3.39. The molecule has 1 amide bonds. The third-order valence-corrected chi connectivity index (χ3v) is 5.76. The van der Waals surface area contributed by atoms with E-state index in [1.165, 1.54) is 12.1 Å². The van der Waals surface area contributed by atoms with E-state index in [9.17, 15) is 14.9 Å². The molecule has 1 heterocycles. The molecule has 0 saturated heterocycles. The van der Waals surface area contributed by atoms with Crippen LogP contribution in [-0.4, -0.2) is 39.0 Å². The van der Waals surface area contributed by atoms with Gasteiger partial charge in [0.2, 0.25) is 17.6 Å². The Kier molecular flexibility index (Phi) is 8.15. The molecule has 0 aliphatic heterocycles. The molecule has 4 aromatic rings. The summed E-state index contributed by atoms with van der Waals surface area (Å²) >= 11 is 0. The molecule has 0 spiro atoms. The molecule has 0 unspecified atom stereocenters. The van der Waals surface area contributed by atoms with E-state index in [-0.39, 0.29) is 30.1 Å². The minimum Gasteiger partial charge on any atom is -0.367 e. The van der Waals surface area contributed by atoms with Crippen molar-refractivity contribution in [3.8, 4) is 11.4 Å². The molecular weight excluding hydrogens is 460 g/mol. The fourth-order valence-electron chi connectivity index (χ4n) is 3.81. The van der Waals surface area contributed by atoms with Crippen molar-refractivity contribution in [3.05, 3.63) is 112 Å². The first-order chi connectivity index (χ1) is 17.5. The number of carbonyl (C=O) groups is 1. The molecule has 0 aliphatic carbocycles. The first kappa shape index (κ1) is 24.7. The molecule has 0 bridgehead atoms. The molecular formula is C27H26N4O5. The quantitative estimate of drug-likeness (QED) is 0.217. The van der Waals surface area contributed by atoms with Crippen molar-refractivity contribution < 1.29 is 19.0 Å². The molecule has 3 aromatic carbocycles. The van der Waals surface area contributed by atoms with Crippen LogP contribution in [0.1, 0.15) is 30.0 Å². The fraction of sp³-hybridized carbons (Fsp3) is 0.222. The second kappa shape index (κ2) is 11.9. The van der Waals surface area contributed by atoms with Crippen molar-refractivity contribution in [3.63, 3.8) is 0 Å². The lowest BCUT2D eigenvalue weighted by Crippen LogP contribution is -2.37. The van der Waals surface area contributed by atoms with E-state index in [0.717, 1.165) is 11.1 Å². The second-order valence-corrected chi connectivity index (χ2v) is 8.22. The van der Waals surface area contributed by atoms with Gasteiger partial charge in [-0.2, -0.15) is 4.98 Å². The van der Waals surface area contributed by atoms with Crippen molar-refractivity contribution in [2.24, 2.45) is 0 Å². The van der Waals surface area contributed by atoms with Crippen LogP contribution in [0.3, 0.4) is 0 Å². The van der Waals surface area contributed by atoms with E-state index in [2.05, 4.69) is 10.1 Å². The summed E-state index contributed by atoms with van der Waals surface area (Å²) in [6, 6.07) is 25.3. The zero-order valence-corrected chi connectivity index (χ0v) is 19.8. The molecule has 0 N–H and O–H groups in total. The van der Waals surface area contributed by atoms with E-state index in [1.54, 1.807) is 17.0 Å². The fourth-order valence-corrected chi connectivity index (χ4v) is 3.81. The number of hydrogen-bond acceptors (Lipinski definition) is 7. The Labute approximate surface area is 208 Å². The maximum Gasteiger partial charge on any atom is 0.270 e. The Morgan fingerprint density at radius 1 is 1.06 bits per heavy atom. The lowest BCUT2D eigenvalue weighted by atomic mass is 10.1. The second-order valence-electron chi connectivity index (χ2n) is 8.22. The maximum atomic E-state index is 13.2. The van der Waals surface area contributed by atoms with Crippen LogP contribution in [0.25, 0.3) is 11.4 Å². The lowest BCUT2D eigenvalue weighted by Gasteiger charge is -2.29. The summed E-state index contributed by atoms with van der Waals surface area (Å²) in [6.45, 7) is 2.58. The molecule has 36 heavy (non-hydrogen) atoms. The summed E-state index contributed by atoms with van der Waals surface area (Å²) in [5, 5.41) is 15.0. The van der Waals surface area contributed by atoms with Gasteiger partial charge < -0.3 is 14.2 Å². The number of nitro benzene ring substituents is 1. The number of ether oxygens (including phenoxy) is 1. The van der Waals surface area contributed by atoms with Gasteiger partial charge in [-0.15, -0.1) is 0 Å². The van der Waals surface area contributed by atoms with Crippen LogP contribution >= 0.6 is 0 Å². The summed E-state index contributed by atoms with van der Waals surface area (Å²) in [4.78, 5) is 29.9. The van der Waals surface area contributed by atoms with E-state index >= 15 is 0 Å². The van der Waals surface area contributed by atoms with Gasteiger partial charge in [0.25, 0.3) is 5.69 Å². The zero-order chi connectivity index (χ0) is 25.3. The van der Waals surface area contributed by atoms with Gasteiger partial charge in [-0.25, -0.2) is 0 Å². The zero-order valence-electron chi connectivity index (χ0n) is 19.8. The molecule has 0 fully saturated rings. The molecule has 1 aromatic heterocycles. The summed E-state index contributed by atoms with van der Waals surface area (Å²) in [5.41, 5.74) is 2.42. The van der Waals surface area contributed by atoms with Gasteiger partial charge in [0.1, 0.15) is 6.61 Å². The van der Waals surface area contributed by atoms with Gasteiger partial charge in [0.15, 0.2) is 0 Å². The first-order valence-electron chi connectivity index (χ1n) is 11.5. The van der Waals surface area contributed by atoms with Gasteiger partial charge >= 0.3 is 0 Å². The van der Waals surface area contributed by atoms with Gasteiger partial charge in [-0.1, -0.05) is 78.0 Å². The Bertz CT molecular complexity index is 1290. The normalized spacial score (nSPS) is 11.7. The summed E-state index contributed by atoms with van der Waals surface area (Å²) < 4.78 is 11.1. The van der Waals surface area contributed by atoms with Gasteiger partial charge in [-0.05, 0) is 18.1 Å². The van der Waals surface area contributed by atoms with Crippen molar-refractivity contribution in [2.45, 2.75) is 26.0 Å². The molecule has 1 atom stereocenters. The third-order valence-electron chi connectivity index (χ3n) is 5.76. The molecule has 184 valence electrons. The van der Waals surface area contributed by atoms with Crippen molar-refractivity contribution in [1.82, 2.24) is 15.0 Å². The molecule has 9 nitrogen and oxygen atoms in total. The molecule has 4 rings (SSSR count). The minimum absolute atomic E-state index is 0.0530.